The minimum absolute atomic E-state index is 0.221. The summed E-state index contributed by atoms with van der Waals surface area (Å²) < 4.78 is 28.3. The number of benzene rings is 2. The highest BCUT2D eigenvalue weighted by Gasteiger charge is 2.14. The molecular formula is C19H17F2N3O. The van der Waals surface area contributed by atoms with Crippen molar-refractivity contribution in [3.8, 4) is 0 Å². The maximum Gasteiger partial charge on any atom is 0.259 e. The number of amides is 1. The fraction of sp³-hybridized carbons (Fsp3) is 0.158. The molecule has 4 nitrogen and oxygen atoms in total. The van der Waals surface area contributed by atoms with Crippen LogP contribution in [0.15, 0.2) is 54.7 Å². The summed E-state index contributed by atoms with van der Waals surface area (Å²) in [6, 6.07) is 12.6. The molecule has 25 heavy (non-hydrogen) atoms. The number of nitrogens with one attached hydrogen (secondary N) is 1. The quantitative estimate of drug-likeness (QED) is 0.762. The zero-order chi connectivity index (χ0) is 17.8. The van der Waals surface area contributed by atoms with E-state index in [-0.39, 0.29) is 5.56 Å². The van der Waals surface area contributed by atoms with Gasteiger partial charge in [0.2, 0.25) is 0 Å². The predicted octanol–water partition coefficient (Wildman–Crippen LogP) is 4.02. The molecule has 0 atom stereocenters. The molecule has 3 rings (SSSR count). The number of anilines is 1. The minimum Gasteiger partial charge on any atom is -0.307 e. The summed E-state index contributed by atoms with van der Waals surface area (Å²) in [5.74, 6) is -1.85. The third kappa shape index (κ3) is 3.91. The van der Waals surface area contributed by atoms with Gasteiger partial charge in [0.05, 0.1) is 18.3 Å². The molecule has 0 saturated heterocycles. The predicted molar refractivity (Wildman–Crippen MR) is 91.5 cm³/mol. The van der Waals surface area contributed by atoms with Gasteiger partial charge < -0.3 is 5.32 Å². The van der Waals surface area contributed by atoms with Crippen molar-refractivity contribution in [2.45, 2.75) is 19.9 Å². The van der Waals surface area contributed by atoms with E-state index in [9.17, 15) is 13.6 Å². The first-order valence-electron chi connectivity index (χ1n) is 7.93. The Morgan fingerprint density at radius 3 is 2.48 bits per heavy atom. The van der Waals surface area contributed by atoms with Crippen LogP contribution in [0.4, 0.5) is 14.6 Å². The van der Waals surface area contributed by atoms with Gasteiger partial charge in [0.1, 0.15) is 17.5 Å². The second-order valence-electron chi connectivity index (χ2n) is 5.62. The van der Waals surface area contributed by atoms with Gasteiger partial charge in [0.25, 0.3) is 5.91 Å². The van der Waals surface area contributed by atoms with Crippen molar-refractivity contribution in [1.29, 1.82) is 0 Å². The van der Waals surface area contributed by atoms with Gasteiger partial charge in [-0.3, -0.25) is 4.79 Å². The number of hydrogen-bond acceptors (Lipinski definition) is 2. The Labute approximate surface area is 144 Å². The second-order valence-corrected chi connectivity index (χ2v) is 5.62. The molecule has 1 N–H and O–H groups in total. The Kier molecular flexibility index (Phi) is 4.88. The van der Waals surface area contributed by atoms with Crippen LogP contribution in [-0.2, 0) is 13.0 Å². The van der Waals surface area contributed by atoms with Crippen LogP contribution in [0.2, 0.25) is 0 Å². The molecule has 0 fully saturated rings. The molecule has 1 heterocycles. The number of hydrogen-bond donors (Lipinski definition) is 1. The lowest BCUT2D eigenvalue weighted by atomic mass is 10.1. The molecule has 1 amide bonds. The number of aromatic nitrogens is 2. The largest absolute Gasteiger partial charge is 0.307 e. The van der Waals surface area contributed by atoms with E-state index in [2.05, 4.69) is 17.3 Å². The van der Waals surface area contributed by atoms with Crippen molar-refractivity contribution in [2.24, 2.45) is 0 Å². The first-order chi connectivity index (χ1) is 12.1. The third-order valence-electron chi connectivity index (χ3n) is 3.90. The maximum absolute atomic E-state index is 13.7. The van der Waals surface area contributed by atoms with E-state index in [0.717, 1.165) is 24.1 Å². The number of halogens is 2. The summed E-state index contributed by atoms with van der Waals surface area (Å²) in [6.45, 7) is 2.56. The van der Waals surface area contributed by atoms with Crippen LogP contribution < -0.4 is 5.32 Å². The summed E-state index contributed by atoms with van der Waals surface area (Å²) in [7, 11) is 0. The van der Waals surface area contributed by atoms with Crippen LogP contribution in [-0.4, -0.2) is 15.7 Å². The molecule has 128 valence electrons. The molecule has 3 aromatic rings. The van der Waals surface area contributed by atoms with Crippen LogP contribution in [0.5, 0.6) is 0 Å². The monoisotopic (exact) mass is 341 g/mol. The lowest BCUT2D eigenvalue weighted by Gasteiger charge is -2.10. The van der Waals surface area contributed by atoms with E-state index in [4.69, 9.17) is 0 Å². The van der Waals surface area contributed by atoms with Gasteiger partial charge in [-0.1, -0.05) is 31.2 Å². The van der Waals surface area contributed by atoms with Crippen molar-refractivity contribution < 1.29 is 13.6 Å². The Bertz CT molecular complexity index is 888. The summed E-state index contributed by atoms with van der Waals surface area (Å²) in [5, 5.41) is 6.79. The number of rotatable bonds is 5. The van der Waals surface area contributed by atoms with E-state index in [1.54, 1.807) is 16.9 Å². The van der Waals surface area contributed by atoms with Crippen molar-refractivity contribution in [3.05, 3.63) is 83.1 Å². The molecule has 1 aromatic heterocycles. The highest BCUT2D eigenvalue weighted by Crippen LogP contribution is 2.15. The molecule has 0 spiro atoms. The second kappa shape index (κ2) is 7.25. The summed E-state index contributed by atoms with van der Waals surface area (Å²) in [5.41, 5.74) is 2.05. The van der Waals surface area contributed by atoms with Gasteiger partial charge in [-0.25, -0.2) is 13.5 Å². The normalized spacial score (nSPS) is 10.7. The van der Waals surface area contributed by atoms with E-state index >= 15 is 0 Å². The number of carbonyl (C=O) groups is 1. The Morgan fingerprint density at radius 1 is 1.08 bits per heavy atom. The van der Waals surface area contributed by atoms with Crippen molar-refractivity contribution in [3.63, 3.8) is 0 Å². The minimum atomic E-state index is -0.904. The lowest BCUT2D eigenvalue weighted by molar-refractivity contribution is 0.102. The first kappa shape index (κ1) is 16.8. The van der Waals surface area contributed by atoms with Crippen LogP contribution >= 0.6 is 0 Å². The zero-order valence-corrected chi connectivity index (χ0v) is 13.7. The van der Waals surface area contributed by atoms with Crippen LogP contribution in [0.25, 0.3) is 0 Å². The van der Waals surface area contributed by atoms with Crippen LogP contribution in [0.3, 0.4) is 0 Å². The van der Waals surface area contributed by atoms with Crippen molar-refractivity contribution in [2.75, 3.05) is 5.32 Å². The first-order valence-corrected chi connectivity index (χ1v) is 7.93. The summed E-state index contributed by atoms with van der Waals surface area (Å²) in [4.78, 5) is 12.2. The number of carbonyl (C=O) groups excluding carboxylic acids is 1. The SMILES string of the molecule is CCc1ccc(Cn2nccc2NC(=O)c2ccc(F)cc2F)cc1. The van der Waals surface area contributed by atoms with E-state index in [1.165, 1.54) is 5.56 Å². The fourth-order valence-electron chi connectivity index (χ4n) is 2.48. The maximum atomic E-state index is 13.7. The average molecular weight is 341 g/mol. The molecule has 0 saturated carbocycles. The molecule has 0 aliphatic carbocycles. The Morgan fingerprint density at radius 2 is 1.80 bits per heavy atom. The van der Waals surface area contributed by atoms with Gasteiger partial charge in [0, 0.05) is 12.1 Å². The van der Waals surface area contributed by atoms with Crippen LogP contribution in [0, 0.1) is 11.6 Å². The Hall–Kier alpha value is -3.02. The highest BCUT2D eigenvalue weighted by atomic mass is 19.1. The lowest BCUT2D eigenvalue weighted by Crippen LogP contribution is -2.17. The number of aryl methyl sites for hydroxylation is 1. The van der Waals surface area contributed by atoms with Crippen LogP contribution in [0.1, 0.15) is 28.4 Å². The van der Waals surface area contributed by atoms with Crippen molar-refractivity contribution in [1.82, 2.24) is 9.78 Å². The van der Waals surface area contributed by atoms with Gasteiger partial charge in [-0.15, -0.1) is 0 Å². The molecule has 6 heteroatoms. The zero-order valence-electron chi connectivity index (χ0n) is 13.7. The highest BCUT2D eigenvalue weighted by molar-refractivity contribution is 6.04. The molecule has 0 bridgehead atoms. The topological polar surface area (TPSA) is 46.9 Å². The van der Waals surface area contributed by atoms with E-state index in [0.29, 0.717) is 18.4 Å². The van der Waals surface area contributed by atoms with E-state index in [1.807, 2.05) is 24.3 Å². The molecule has 0 radical (unpaired) electrons. The summed E-state index contributed by atoms with van der Waals surface area (Å²) in [6.07, 6.45) is 2.52. The Balaban J connectivity index is 1.75. The van der Waals surface area contributed by atoms with Crippen molar-refractivity contribution >= 4 is 11.7 Å². The molecular weight excluding hydrogens is 324 g/mol. The smallest absolute Gasteiger partial charge is 0.259 e. The standard InChI is InChI=1S/C19H17F2N3O/c1-2-13-3-5-14(6-4-13)12-24-18(9-10-22-24)23-19(25)16-8-7-15(20)11-17(16)21/h3-11H,2,12H2,1H3,(H,23,25). The molecule has 0 aliphatic rings. The molecule has 0 unspecified atom stereocenters. The third-order valence-corrected chi connectivity index (χ3v) is 3.90. The number of nitrogens with zero attached hydrogens (tertiary/aromatic N) is 2. The molecule has 2 aromatic carbocycles. The fourth-order valence-corrected chi connectivity index (χ4v) is 2.48. The van der Waals surface area contributed by atoms with Gasteiger partial charge >= 0.3 is 0 Å². The molecule has 0 aliphatic heterocycles. The van der Waals surface area contributed by atoms with Gasteiger partial charge in [0.15, 0.2) is 0 Å². The summed E-state index contributed by atoms with van der Waals surface area (Å²) >= 11 is 0. The van der Waals surface area contributed by atoms with Gasteiger partial charge in [-0.05, 0) is 29.7 Å². The van der Waals surface area contributed by atoms with E-state index < -0.39 is 17.5 Å². The average Bonchev–Trinajstić information content (AvgIpc) is 3.02. The van der Waals surface area contributed by atoms with Gasteiger partial charge in [-0.2, -0.15) is 5.10 Å².